The summed E-state index contributed by atoms with van der Waals surface area (Å²) in [6.45, 7) is 0. The Hall–Kier alpha value is -3.18. The minimum absolute atomic E-state index is 0.101. The van der Waals surface area contributed by atoms with Gasteiger partial charge in [-0.05, 0) is 41.0 Å². The Bertz CT molecular complexity index is 1070. The zero-order valence-electron chi connectivity index (χ0n) is 13.8. The molecule has 1 N–H and O–H groups in total. The average Bonchev–Trinajstić information content (AvgIpc) is 3.12. The lowest BCUT2D eigenvalue weighted by molar-refractivity contribution is -0.115. The minimum atomic E-state index is -0.101. The third-order valence-electron chi connectivity index (χ3n) is 4.08. The van der Waals surface area contributed by atoms with Crippen LogP contribution in [0.4, 0.5) is 5.69 Å². The average molecular weight is 363 g/mol. The number of aromatic nitrogens is 3. The highest BCUT2D eigenvalue weighted by molar-refractivity contribution is 6.33. The maximum absolute atomic E-state index is 12.2. The van der Waals surface area contributed by atoms with Crippen molar-refractivity contribution < 1.29 is 4.79 Å². The van der Waals surface area contributed by atoms with Gasteiger partial charge in [-0.1, -0.05) is 48.0 Å². The molecule has 0 aliphatic heterocycles. The van der Waals surface area contributed by atoms with Gasteiger partial charge in [0.15, 0.2) is 5.65 Å². The highest BCUT2D eigenvalue weighted by Crippen LogP contribution is 2.22. The largest absolute Gasteiger partial charge is 0.324 e. The number of amides is 1. The summed E-state index contributed by atoms with van der Waals surface area (Å²) < 4.78 is 1.72. The summed E-state index contributed by atoms with van der Waals surface area (Å²) in [5.74, 6) is -0.101. The van der Waals surface area contributed by atoms with Gasteiger partial charge in [-0.15, -0.1) is 0 Å². The second-order valence-electron chi connectivity index (χ2n) is 5.88. The lowest BCUT2D eigenvalue weighted by Crippen LogP contribution is -2.14. The molecule has 0 aliphatic carbocycles. The molecular formula is C20H15ClN4O. The predicted octanol–water partition coefficient (Wildman–Crippen LogP) is 4.23. The molecule has 0 radical (unpaired) electrons. The van der Waals surface area contributed by atoms with E-state index in [1.165, 1.54) is 6.33 Å². The Morgan fingerprint density at radius 2 is 1.85 bits per heavy atom. The molecule has 0 saturated heterocycles. The number of carbonyl (C=O) groups is 1. The molecule has 2 aromatic carbocycles. The molecule has 0 fully saturated rings. The fraction of sp³-hybridized carbons (Fsp3) is 0.0500. The predicted molar refractivity (Wildman–Crippen MR) is 102 cm³/mol. The van der Waals surface area contributed by atoms with Gasteiger partial charge in [0.25, 0.3) is 0 Å². The normalized spacial score (nSPS) is 10.8. The minimum Gasteiger partial charge on any atom is -0.324 e. The number of carbonyl (C=O) groups excluding carboxylic acids is 1. The van der Waals surface area contributed by atoms with Crippen LogP contribution in [-0.2, 0) is 11.2 Å². The van der Waals surface area contributed by atoms with E-state index in [2.05, 4.69) is 15.4 Å². The van der Waals surface area contributed by atoms with Gasteiger partial charge >= 0.3 is 0 Å². The monoisotopic (exact) mass is 362 g/mol. The van der Waals surface area contributed by atoms with E-state index in [0.29, 0.717) is 10.7 Å². The van der Waals surface area contributed by atoms with Crippen molar-refractivity contribution in [1.29, 1.82) is 0 Å². The summed E-state index contributed by atoms with van der Waals surface area (Å²) in [6.07, 6.45) is 3.69. The number of rotatable bonds is 4. The Morgan fingerprint density at radius 1 is 1.04 bits per heavy atom. The molecule has 0 saturated carbocycles. The highest BCUT2D eigenvalue weighted by Gasteiger charge is 2.07. The van der Waals surface area contributed by atoms with Gasteiger partial charge in [-0.2, -0.15) is 5.10 Å². The Morgan fingerprint density at radius 3 is 2.65 bits per heavy atom. The number of nitrogens with one attached hydrogen (secondary N) is 1. The van der Waals surface area contributed by atoms with Crippen molar-refractivity contribution in [3.05, 3.63) is 83.8 Å². The maximum Gasteiger partial charge on any atom is 0.228 e. The second kappa shape index (κ2) is 6.98. The number of para-hydroxylation sites is 1. The smallest absolute Gasteiger partial charge is 0.228 e. The van der Waals surface area contributed by atoms with Crippen LogP contribution in [0.25, 0.3) is 16.8 Å². The van der Waals surface area contributed by atoms with Crippen molar-refractivity contribution in [3.63, 3.8) is 0 Å². The van der Waals surface area contributed by atoms with Gasteiger partial charge in [0, 0.05) is 6.20 Å². The van der Waals surface area contributed by atoms with Gasteiger partial charge in [0.1, 0.15) is 6.33 Å². The summed E-state index contributed by atoms with van der Waals surface area (Å²) >= 11 is 6.07. The van der Waals surface area contributed by atoms with E-state index in [1.54, 1.807) is 16.6 Å². The number of fused-ring (bicyclic) bond motifs is 1. The number of hydrogen-bond acceptors (Lipinski definition) is 3. The molecule has 0 spiro atoms. The van der Waals surface area contributed by atoms with Crippen molar-refractivity contribution in [2.75, 3.05) is 5.32 Å². The Kier molecular flexibility index (Phi) is 4.37. The lowest BCUT2D eigenvalue weighted by atomic mass is 10.0. The van der Waals surface area contributed by atoms with Crippen molar-refractivity contribution in [1.82, 2.24) is 14.6 Å². The maximum atomic E-state index is 12.2. The summed E-state index contributed by atoms with van der Waals surface area (Å²) in [4.78, 5) is 16.4. The molecule has 6 heteroatoms. The first-order valence-electron chi connectivity index (χ1n) is 8.12. The van der Waals surface area contributed by atoms with E-state index >= 15 is 0 Å². The zero-order valence-corrected chi connectivity index (χ0v) is 14.5. The molecule has 0 aliphatic rings. The fourth-order valence-electron chi connectivity index (χ4n) is 2.75. The third kappa shape index (κ3) is 3.43. The Labute approximate surface area is 155 Å². The van der Waals surface area contributed by atoms with E-state index in [0.717, 1.165) is 22.3 Å². The standard InChI is InChI=1S/C20H15ClN4O/c21-17-3-1-2-4-18(17)24-20(26)11-14-5-7-15(8-6-14)16-9-10-25-19(12-16)22-13-23-25/h1-10,12-13H,11H2,(H,24,26). The number of halogens is 1. The summed E-state index contributed by atoms with van der Waals surface area (Å²) in [5.41, 5.74) is 4.47. The van der Waals surface area contributed by atoms with Crippen molar-refractivity contribution >= 4 is 28.8 Å². The van der Waals surface area contributed by atoms with Gasteiger partial charge in [-0.3, -0.25) is 4.79 Å². The zero-order chi connectivity index (χ0) is 17.9. The molecule has 5 nitrogen and oxygen atoms in total. The third-order valence-corrected chi connectivity index (χ3v) is 4.41. The molecule has 4 rings (SSSR count). The highest BCUT2D eigenvalue weighted by atomic mass is 35.5. The van der Waals surface area contributed by atoms with Gasteiger partial charge in [0.2, 0.25) is 5.91 Å². The number of hydrogen-bond donors (Lipinski definition) is 1. The first-order valence-corrected chi connectivity index (χ1v) is 8.50. The van der Waals surface area contributed by atoms with Crippen LogP contribution in [0.5, 0.6) is 0 Å². The summed E-state index contributed by atoms with van der Waals surface area (Å²) in [6, 6.07) is 19.1. The molecular weight excluding hydrogens is 348 g/mol. The number of benzene rings is 2. The van der Waals surface area contributed by atoms with Crippen molar-refractivity contribution in [2.24, 2.45) is 0 Å². The quantitative estimate of drug-likeness (QED) is 0.591. The van der Waals surface area contributed by atoms with Crippen LogP contribution < -0.4 is 5.32 Å². The van der Waals surface area contributed by atoms with Crippen LogP contribution in [0.1, 0.15) is 5.56 Å². The molecule has 2 aromatic heterocycles. The van der Waals surface area contributed by atoms with E-state index in [1.807, 2.05) is 54.7 Å². The molecule has 4 aromatic rings. The molecule has 0 bridgehead atoms. The number of anilines is 1. The summed E-state index contributed by atoms with van der Waals surface area (Å²) in [7, 11) is 0. The van der Waals surface area contributed by atoms with Gasteiger partial charge in [0.05, 0.1) is 17.1 Å². The van der Waals surface area contributed by atoms with E-state index in [-0.39, 0.29) is 12.3 Å². The Balaban J connectivity index is 1.47. The topological polar surface area (TPSA) is 59.3 Å². The molecule has 1 amide bonds. The molecule has 128 valence electrons. The molecule has 0 unspecified atom stereocenters. The van der Waals surface area contributed by atoms with Crippen LogP contribution >= 0.6 is 11.6 Å². The fourth-order valence-corrected chi connectivity index (χ4v) is 2.94. The van der Waals surface area contributed by atoms with Crippen LogP contribution in [-0.4, -0.2) is 20.5 Å². The van der Waals surface area contributed by atoms with Crippen molar-refractivity contribution in [2.45, 2.75) is 6.42 Å². The van der Waals surface area contributed by atoms with Crippen LogP contribution in [0.2, 0.25) is 5.02 Å². The van der Waals surface area contributed by atoms with Gasteiger partial charge in [-0.25, -0.2) is 9.50 Å². The van der Waals surface area contributed by atoms with E-state index in [4.69, 9.17) is 11.6 Å². The molecule has 0 atom stereocenters. The van der Waals surface area contributed by atoms with Crippen LogP contribution in [0.3, 0.4) is 0 Å². The summed E-state index contributed by atoms with van der Waals surface area (Å²) in [5, 5.41) is 7.45. The molecule has 26 heavy (non-hydrogen) atoms. The lowest BCUT2D eigenvalue weighted by Gasteiger charge is -2.08. The first kappa shape index (κ1) is 16.3. The first-order chi connectivity index (χ1) is 12.7. The van der Waals surface area contributed by atoms with E-state index < -0.39 is 0 Å². The van der Waals surface area contributed by atoms with Crippen molar-refractivity contribution in [3.8, 4) is 11.1 Å². The second-order valence-corrected chi connectivity index (χ2v) is 6.29. The van der Waals surface area contributed by atoms with E-state index in [9.17, 15) is 4.79 Å². The number of nitrogens with zero attached hydrogens (tertiary/aromatic N) is 3. The number of pyridine rings is 1. The molecule has 2 heterocycles. The van der Waals surface area contributed by atoms with Gasteiger partial charge < -0.3 is 5.32 Å². The van der Waals surface area contributed by atoms with Crippen LogP contribution in [0.15, 0.2) is 73.2 Å². The SMILES string of the molecule is O=C(Cc1ccc(-c2ccn3ncnc3c2)cc1)Nc1ccccc1Cl. The van der Waals surface area contributed by atoms with Crippen LogP contribution in [0, 0.1) is 0 Å².